The summed E-state index contributed by atoms with van der Waals surface area (Å²) in [4.78, 5) is 19.5. The zero-order valence-corrected chi connectivity index (χ0v) is 14.7. The predicted octanol–water partition coefficient (Wildman–Crippen LogP) is 2.54. The summed E-state index contributed by atoms with van der Waals surface area (Å²) >= 11 is 0. The van der Waals surface area contributed by atoms with Gasteiger partial charge in [0.05, 0.1) is 29.8 Å². The summed E-state index contributed by atoms with van der Waals surface area (Å²) in [6.07, 6.45) is 5.99. The molecule has 1 aliphatic rings. The van der Waals surface area contributed by atoms with E-state index in [0.717, 1.165) is 48.4 Å². The van der Waals surface area contributed by atoms with Crippen molar-refractivity contribution in [1.29, 1.82) is 0 Å². The van der Waals surface area contributed by atoms with Gasteiger partial charge in [0.15, 0.2) is 0 Å². The number of amides is 1. The highest BCUT2D eigenvalue weighted by Crippen LogP contribution is 2.21. The highest BCUT2D eigenvalue weighted by Gasteiger charge is 2.29. The van der Waals surface area contributed by atoms with Crippen molar-refractivity contribution in [2.45, 2.75) is 45.8 Å². The Kier molecular flexibility index (Phi) is 4.03. The Bertz CT molecular complexity index is 910. The fourth-order valence-corrected chi connectivity index (χ4v) is 3.76. The van der Waals surface area contributed by atoms with Crippen molar-refractivity contribution in [1.82, 2.24) is 24.2 Å². The van der Waals surface area contributed by atoms with Gasteiger partial charge in [-0.2, -0.15) is 5.10 Å². The molecule has 0 bridgehead atoms. The number of benzene rings is 1. The Morgan fingerprint density at radius 3 is 2.92 bits per heavy atom. The van der Waals surface area contributed by atoms with Crippen molar-refractivity contribution < 1.29 is 4.79 Å². The first-order valence-corrected chi connectivity index (χ1v) is 8.82. The minimum Gasteiger partial charge on any atom is -0.336 e. The number of aromatic nitrogens is 4. The first kappa shape index (κ1) is 15.9. The van der Waals surface area contributed by atoms with Gasteiger partial charge in [0, 0.05) is 12.7 Å². The smallest absolute Gasteiger partial charge is 0.242 e. The molecule has 25 heavy (non-hydrogen) atoms. The van der Waals surface area contributed by atoms with Crippen molar-refractivity contribution in [2.75, 3.05) is 6.54 Å². The Morgan fingerprint density at radius 1 is 1.28 bits per heavy atom. The maximum absolute atomic E-state index is 13.0. The number of fused-ring (bicyclic) bond motifs is 1. The van der Waals surface area contributed by atoms with Crippen LogP contribution in [-0.2, 0) is 17.9 Å². The van der Waals surface area contributed by atoms with Gasteiger partial charge < -0.3 is 9.47 Å². The van der Waals surface area contributed by atoms with E-state index in [4.69, 9.17) is 0 Å². The van der Waals surface area contributed by atoms with Gasteiger partial charge >= 0.3 is 0 Å². The zero-order chi connectivity index (χ0) is 17.4. The second-order valence-corrected chi connectivity index (χ2v) is 6.86. The van der Waals surface area contributed by atoms with Crippen LogP contribution in [0, 0.1) is 13.8 Å². The molecule has 6 nitrogen and oxygen atoms in total. The third-order valence-corrected chi connectivity index (χ3v) is 5.00. The number of carbonyl (C=O) groups excluding carboxylic acids is 1. The molecule has 4 rings (SSSR count). The summed E-state index contributed by atoms with van der Waals surface area (Å²) in [5.74, 6) is 1.05. The quantitative estimate of drug-likeness (QED) is 0.735. The van der Waals surface area contributed by atoms with Crippen LogP contribution in [0.4, 0.5) is 0 Å². The molecule has 0 radical (unpaired) electrons. The van der Waals surface area contributed by atoms with Gasteiger partial charge in [0.25, 0.3) is 0 Å². The first-order chi connectivity index (χ1) is 12.1. The molecule has 130 valence electrons. The lowest BCUT2D eigenvalue weighted by atomic mass is 10.2. The van der Waals surface area contributed by atoms with E-state index in [1.165, 1.54) is 0 Å². The Morgan fingerprint density at radius 2 is 2.12 bits per heavy atom. The van der Waals surface area contributed by atoms with Gasteiger partial charge in [-0.15, -0.1) is 0 Å². The van der Waals surface area contributed by atoms with Crippen LogP contribution in [0.25, 0.3) is 11.0 Å². The molecule has 1 saturated heterocycles. The van der Waals surface area contributed by atoms with Crippen molar-refractivity contribution >= 4 is 16.9 Å². The van der Waals surface area contributed by atoms with E-state index in [1.54, 1.807) is 0 Å². The average molecular weight is 337 g/mol. The van der Waals surface area contributed by atoms with E-state index in [9.17, 15) is 4.79 Å². The molecule has 6 heteroatoms. The minimum absolute atomic E-state index is 0.164. The van der Waals surface area contributed by atoms with Crippen molar-refractivity contribution in [3.05, 3.63) is 48.0 Å². The molecule has 0 unspecified atom stereocenters. The van der Waals surface area contributed by atoms with Crippen molar-refractivity contribution in [3.63, 3.8) is 0 Å². The van der Waals surface area contributed by atoms with Crippen LogP contribution >= 0.6 is 0 Å². The number of carbonyl (C=O) groups is 1. The first-order valence-electron chi connectivity index (χ1n) is 8.82. The molecule has 1 atom stereocenters. The fourth-order valence-electron chi connectivity index (χ4n) is 3.76. The van der Waals surface area contributed by atoms with Crippen LogP contribution in [0.1, 0.15) is 24.2 Å². The topological polar surface area (TPSA) is 56.0 Å². The monoisotopic (exact) mass is 337 g/mol. The van der Waals surface area contributed by atoms with Gasteiger partial charge in [-0.25, -0.2) is 4.98 Å². The lowest BCUT2D eigenvalue weighted by molar-refractivity contribution is -0.132. The largest absolute Gasteiger partial charge is 0.336 e. The third kappa shape index (κ3) is 3.04. The molecule has 0 aliphatic carbocycles. The van der Waals surface area contributed by atoms with Crippen LogP contribution in [0.15, 0.2) is 36.7 Å². The number of rotatable bonds is 4. The van der Waals surface area contributed by atoms with E-state index in [1.807, 2.05) is 64.7 Å². The molecule has 1 amide bonds. The summed E-state index contributed by atoms with van der Waals surface area (Å²) in [6, 6.07) is 8.20. The number of imidazole rings is 1. The molecule has 0 spiro atoms. The molecule has 1 aromatic carbocycles. The fraction of sp³-hybridized carbons (Fsp3) is 0.421. The molecular formula is C19H23N5O. The summed E-state index contributed by atoms with van der Waals surface area (Å²) in [6.45, 7) is 5.94. The summed E-state index contributed by atoms with van der Waals surface area (Å²) < 4.78 is 3.97. The second-order valence-electron chi connectivity index (χ2n) is 6.86. The number of hydrogen-bond acceptors (Lipinski definition) is 3. The van der Waals surface area contributed by atoms with Crippen molar-refractivity contribution in [2.24, 2.45) is 0 Å². The number of hydrogen-bond donors (Lipinski definition) is 0. The highest BCUT2D eigenvalue weighted by atomic mass is 16.2. The van der Waals surface area contributed by atoms with Crippen LogP contribution in [-0.4, -0.2) is 42.7 Å². The molecule has 3 heterocycles. The van der Waals surface area contributed by atoms with Crippen LogP contribution in [0.3, 0.4) is 0 Å². The minimum atomic E-state index is 0.164. The number of likely N-dealkylation sites (tertiary alicyclic amines) is 1. The van der Waals surface area contributed by atoms with Gasteiger partial charge in [0.1, 0.15) is 12.4 Å². The van der Waals surface area contributed by atoms with Gasteiger partial charge in [-0.1, -0.05) is 12.1 Å². The van der Waals surface area contributed by atoms with E-state index in [-0.39, 0.29) is 11.9 Å². The lowest BCUT2D eigenvalue weighted by Gasteiger charge is -2.25. The highest BCUT2D eigenvalue weighted by molar-refractivity contribution is 5.81. The third-order valence-electron chi connectivity index (χ3n) is 5.00. The van der Waals surface area contributed by atoms with E-state index in [0.29, 0.717) is 6.54 Å². The molecule has 3 aromatic rings. The summed E-state index contributed by atoms with van der Waals surface area (Å²) in [5.41, 5.74) is 3.11. The van der Waals surface area contributed by atoms with Gasteiger partial charge in [-0.05, 0) is 44.4 Å². The van der Waals surface area contributed by atoms with E-state index in [2.05, 4.69) is 10.1 Å². The van der Waals surface area contributed by atoms with Crippen molar-refractivity contribution in [3.8, 4) is 0 Å². The molecule has 1 fully saturated rings. The molecule has 0 saturated carbocycles. The molecular weight excluding hydrogens is 314 g/mol. The average Bonchev–Trinajstić information content (AvgIpc) is 3.29. The summed E-state index contributed by atoms with van der Waals surface area (Å²) in [7, 11) is 0. The number of aryl methyl sites for hydroxylation is 2. The van der Waals surface area contributed by atoms with E-state index >= 15 is 0 Å². The Balaban J connectivity index is 1.52. The normalized spacial score (nSPS) is 17.5. The van der Waals surface area contributed by atoms with E-state index < -0.39 is 0 Å². The molecule has 0 N–H and O–H groups in total. The number of nitrogens with zero attached hydrogens (tertiary/aromatic N) is 5. The standard InChI is InChI=1S/C19H23N5O/c1-14-10-20-22(11-14)12-16-6-5-9-23(16)19(25)13-24-15(2)21-17-7-3-4-8-18(17)24/h3-4,7-8,10-11,16H,5-6,9,12-13H2,1-2H3/t16-/m1/s1. The van der Waals surface area contributed by atoms with Crippen LogP contribution in [0.2, 0.25) is 0 Å². The Labute approximate surface area is 147 Å². The SMILES string of the molecule is Cc1cnn(C[C@H]2CCCN2C(=O)Cn2c(C)nc3ccccc32)c1. The predicted molar refractivity (Wildman–Crippen MR) is 96.2 cm³/mol. The lowest BCUT2D eigenvalue weighted by Crippen LogP contribution is -2.40. The zero-order valence-electron chi connectivity index (χ0n) is 14.7. The maximum atomic E-state index is 13.0. The van der Waals surface area contributed by atoms with Crippen LogP contribution < -0.4 is 0 Å². The van der Waals surface area contributed by atoms with Gasteiger partial charge in [0.2, 0.25) is 5.91 Å². The second kappa shape index (κ2) is 6.35. The maximum Gasteiger partial charge on any atom is 0.242 e. The summed E-state index contributed by atoms with van der Waals surface area (Å²) in [5, 5.41) is 4.37. The number of para-hydroxylation sites is 2. The van der Waals surface area contributed by atoms with Gasteiger partial charge in [-0.3, -0.25) is 9.48 Å². The van der Waals surface area contributed by atoms with Crippen LogP contribution in [0.5, 0.6) is 0 Å². The Hall–Kier alpha value is -2.63. The molecule has 2 aromatic heterocycles. The molecule has 1 aliphatic heterocycles.